The Morgan fingerprint density at radius 3 is 2.80 bits per heavy atom. The van der Waals surface area contributed by atoms with Crippen LogP contribution in [0.15, 0.2) is 18.2 Å². The topological polar surface area (TPSA) is 69.6 Å². The number of anilines is 1. The SMILES string of the molecule is CCn1c(C)nnc1-c1cccc(N)n1. The molecule has 2 aromatic heterocycles. The number of nitrogens with two attached hydrogens (primary N) is 1. The molecule has 0 bridgehead atoms. The summed E-state index contributed by atoms with van der Waals surface area (Å²) >= 11 is 0. The second-order valence-corrected chi connectivity index (χ2v) is 3.26. The summed E-state index contributed by atoms with van der Waals surface area (Å²) in [5.41, 5.74) is 6.39. The molecule has 0 saturated heterocycles. The van der Waals surface area contributed by atoms with Crippen molar-refractivity contribution in [1.82, 2.24) is 19.7 Å². The van der Waals surface area contributed by atoms with Crippen molar-refractivity contribution < 1.29 is 0 Å². The number of nitrogens with zero attached hydrogens (tertiary/aromatic N) is 4. The lowest BCUT2D eigenvalue weighted by Gasteiger charge is -2.04. The summed E-state index contributed by atoms with van der Waals surface area (Å²) in [4.78, 5) is 4.22. The van der Waals surface area contributed by atoms with Crippen LogP contribution in [0.2, 0.25) is 0 Å². The summed E-state index contributed by atoms with van der Waals surface area (Å²) in [7, 11) is 0. The van der Waals surface area contributed by atoms with Crippen molar-refractivity contribution in [2.75, 3.05) is 5.73 Å². The van der Waals surface area contributed by atoms with Crippen molar-refractivity contribution in [2.45, 2.75) is 20.4 Å². The predicted octanol–water partition coefficient (Wildman–Crippen LogP) is 1.25. The Morgan fingerprint density at radius 2 is 2.13 bits per heavy atom. The third kappa shape index (κ3) is 1.68. The molecule has 0 saturated carbocycles. The maximum atomic E-state index is 5.63. The first-order chi connectivity index (χ1) is 7.22. The summed E-state index contributed by atoms with van der Waals surface area (Å²) < 4.78 is 2.00. The number of aryl methyl sites for hydroxylation is 1. The van der Waals surface area contributed by atoms with Gasteiger partial charge in [-0.05, 0) is 26.0 Å². The molecule has 2 heterocycles. The van der Waals surface area contributed by atoms with Gasteiger partial charge in [0.25, 0.3) is 0 Å². The smallest absolute Gasteiger partial charge is 0.182 e. The van der Waals surface area contributed by atoms with Crippen LogP contribution < -0.4 is 5.73 Å². The van der Waals surface area contributed by atoms with Crippen LogP contribution in [0.5, 0.6) is 0 Å². The molecule has 0 aliphatic heterocycles. The molecule has 2 N–H and O–H groups in total. The Hall–Kier alpha value is -1.91. The van der Waals surface area contributed by atoms with E-state index in [-0.39, 0.29) is 0 Å². The molecule has 0 spiro atoms. The lowest BCUT2D eigenvalue weighted by atomic mass is 10.3. The first-order valence-electron chi connectivity index (χ1n) is 4.85. The zero-order valence-corrected chi connectivity index (χ0v) is 8.81. The average molecular weight is 203 g/mol. The molecule has 15 heavy (non-hydrogen) atoms. The largest absolute Gasteiger partial charge is 0.384 e. The fraction of sp³-hybridized carbons (Fsp3) is 0.300. The number of hydrogen-bond acceptors (Lipinski definition) is 4. The summed E-state index contributed by atoms with van der Waals surface area (Å²) in [6.07, 6.45) is 0. The van der Waals surface area contributed by atoms with Gasteiger partial charge in [-0.2, -0.15) is 0 Å². The molecule has 5 nitrogen and oxygen atoms in total. The van der Waals surface area contributed by atoms with Crippen LogP contribution >= 0.6 is 0 Å². The predicted molar refractivity (Wildman–Crippen MR) is 58.1 cm³/mol. The highest BCUT2D eigenvalue weighted by atomic mass is 15.3. The molecular formula is C10H13N5. The van der Waals surface area contributed by atoms with Gasteiger partial charge < -0.3 is 10.3 Å². The van der Waals surface area contributed by atoms with E-state index in [4.69, 9.17) is 5.73 Å². The highest BCUT2D eigenvalue weighted by molar-refractivity contribution is 5.52. The van der Waals surface area contributed by atoms with Crippen molar-refractivity contribution in [3.05, 3.63) is 24.0 Å². The standard InChI is InChI=1S/C10H13N5/c1-3-15-7(2)13-14-10(15)8-5-4-6-9(11)12-8/h4-6H,3H2,1-2H3,(H2,11,12). The second-order valence-electron chi connectivity index (χ2n) is 3.26. The van der Waals surface area contributed by atoms with Crippen LogP contribution in [0.4, 0.5) is 5.82 Å². The van der Waals surface area contributed by atoms with Crippen molar-refractivity contribution in [2.24, 2.45) is 0 Å². The van der Waals surface area contributed by atoms with E-state index in [1.165, 1.54) is 0 Å². The van der Waals surface area contributed by atoms with Gasteiger partial charge in [0.05, 0.1) is 0 Å². The Labute approximate surface area is 88.0 Å². The van der Waals surface area contributed by atoms with Gasteiger partial charge in [0, 0.05) is 6.54 Å². The number of rotatable bonds is 2. The van der Waals surface area contributed by atoms with Gasteiger partial charge in [0.1, 0.15) is 17.3 Å². The summed E-state index contributed by atoms with van der Waals surface area (Å²) in [6.45, 7) is 4.79. The minimum atomic E-state index is 0.496. The second kappa shape index (κ2) is 3.68. The first-order valence-corrected chi connectivity index (χ1v) is 4.85. The summed E-state index contributed by atoms with van der Waals surface area (Å²) in [5.74, 6) is 2.15. The molecule has 5 heteroatoms. The van der Waals surface area contributed by atoms with E-state index in [0.29, 0.717) is 5.82 Å². The van der Waals surface area contributed by atoms with E-state index in [1.807, 2.05) is 30.5 Å². The van der Waals surface area contributed by atoms with Crippen LogP contribution in [0.1, 0.15) is 12.7 Å². The minimum Gasteiger partial charge on any atom is -0.384 e. The molecule has 0 atom stereocenters. The number of aromatic nitrogens is 4. The Kier molecular flexibility index (Phi) is 2.37. The molecule has 0 radical (unpaired) electrons. The van der Waals surface area contributed by atoms with Crippen LogP contribution in [0, 0.1) is 6.92 Å². The maximum Gasteiger partial charge on any atom is 0.182 e. The third-order valence-electron chi connectivity index (χ3n) is 2.25. The van der Waals surface area contributed by atoms with Crippen molar-refractivity contribution in [3.63, 3.8) is 0 Å². The highest BCUT2D eigenvalue weighted by Crippen LogP contribution is 2.16. The highest BCUT2D eigenvalue weighted by Gasteiger charge is 2.10. The van der Waals surface area contributed by atoms with Gasteiger partial charge in [-0.25, -0.2) is 4.98 Å². The molecule has 0 unspecified atom stereocenters. The van der Waals surface area contributed by atoms with Crippen molar-refractivity contribution >= 4 is 5.82 Å². The average Bonchev–Trinajstić information content (AvgIpc) is 2.59. The van der Waals surface area contributed by atoms with E-state index in [9.17, 15) is 0 Å². The van der Waals surface area contributed by atoms with Crippen molar-refractivity contribution in [1.29, 1.82) is 0 Å². The minimum absolute atomic E-state index is 0.496. The lowest BCUT2D eigenvalue weighted by molar-refractivity contribution is 0.735. The molecule has 0 aliphatic rings. The molecule has 0 fully saturated rings. The molecule has 2 rings (SSSR count). The van der Waals surface area contributed by atoms with Crippen LogP contribution in [-0.2, 0) is 6.54 Å². The first kappa shape index (κ1) is 9.64. The van der Waals surface area contributed by atoms with Gasteiger partial charge in [-0.3, -0.25) is 0 Å². The van der Waals surface area contributed by atoms with E-state index in [2.05, 4.69) is 15.2 Å². The maximum absolute atomic E-state index is 5.63. The van der Waals surface area contributed by atoms with Gasteiger partial charge in [-0.1, -0.05) is 6.07 Å². The van der Waals surface area contributed by atoms with Gasteiger partial charge in [0.15, 0.2) is 5.82 Å². The Balaban J connectivity index is 2.54. The summed E-state index contributed by atoms with van der Waals surface area (Å²) in [5, 5.41) is 8.12. The third-order valence-corrected chi connectivity index (χ3v) is 2.25. The fourth-order valence-electron chi connectivity index (χ4n) is 1.53. The van der Waals surface area contributed by atoms with Crippen molar-refractivity contribution in [3.8, 4) is 11.5 Å². The summed E-state index contributed by atoms with van der Waals surface area (Å²) in [6, 6.07) is 5.50. The van der Waals surface area contributed by atoms with E-state index >= 15 is 0 Å². The van der Waals surface area contributed by atoms with Gasteiger partial charge >= 0.3 is 0 Å². The normalized spacial score (nSPS) is 10.5. The van der Waals surface area contributed by atoms with Crippen LogP contribution in [0.3, 0.4) is 0 Å². The molecule has 0 aromatic carbocycles. The monoisotopic (exact) mass is 203 g/mol. The lowest BCUT2D eigenvalue weighted by Crippen LogP contribution is -2.01. The molecule has 78 valence electrons. The van der Waals surface area contributed by atoms with E-state index in [1.54, 1.807) is 6.07 Å². The molecular weight excluding hydrogens is 190 g/mol. The molecule has 0 aliphatic carbocycles. The van der Waals surface area contributed by atoms with E-state index in [0.717, 1.165) is 23.9 Å². The Bertz CT molecular complexity index is 474. The van der Waals surface area contributed by atoms with Crippen LogP contribution in [0.25, 0.3) is 11.5 Å². The van der Waals surface area contributed by atoms with Gasteiger partial charge in [-0.15, -0.1) is 10.2 Å². The number of pyridine rings is 1. The number of hydrogen-bond donors (Lipinski definition) is 1. The van der Waals surface area contributed by atoms with E-state index < -0.39 is 0 Å². The number of nitrogen functional groups attached to an aromatic ring is 1. The molecule has 2 aromatic rings. The molecule has 0 amide bonds. The van der Waals surface area contributed by atoms with Crippen LogP contribution in [-0.4, -0.2) is 19.7 Å². The van der Waals surface area contributed by atoms with Gasteiger partial charge in [0.2, 0.25) is 0 Å². The Morgan fingerprint density at radius 1 is 1.33 bits per heavy atom. The quantitative estimate of drug-likeness (QED) is 0.797. The fourth-order valence-corrected chi connectivity index (χ4v) is 1.53. The zero-order chi connectivity index (χ0) is 10.8. The zero-order valence-electron chi connectivity index (χ0n) is 8.81.